The molecule has 2 amide bonds. The Morgan fingerprint density at radius 2 is 1.73 bits per heavy atom. The molecule has 4 heterocycles. The highest BCUT2D eigenvalue weighted by Crippen LogP contribution is 2.37. The maximum absolute atomic E-state index is 14.8. The van der Waals surface area contributed by atoms with Crippen molar-refractivity contribution in [3.63, 3.8) is 0 Å². The number of morpholine rings is 1. The van der Waals surface area contributed by atoms with Gasteiger partial charge < -0.3 is 19.3 Å². The van der Waals surface area contributed by atoms with Gasteiger partial charge in [-0.05, 0) is 92.3 Å². The zero-order valence-electron chi connectivity index (χ0n) is 27.8. The third-order valence-corrected chi connectivity index (χ3v) is 10.2. The van der Waals surface area contributed by atoms with E-state index in [0.717, 1.165) is 68.8 Å². The molecule has 1 aromatic heterocycles. The number of hydrogen-bond donors (Lipinski definition) is 1. The van der Waals surface area contributed by atoms with E-state index in [0.29, 0.717) is 41.6 Å². The van der Waals surface area contributed by atoms with Gasteiger partial charge in [0.1, 0.15) is 5.75 Å². The molecule has 3 aromatic carbocycles. The predicted molar refractivity (Wildman–Crippen MR) is 192 cm³/mol. The molecule has 4 aromatic rings. The van der Waals surface area contributed by atoms with Crippen molar-refractivity contribution >= 4 is 29.1 Å². The SMILES string of the molecule is CC#CCN(C(=O)c1cc(-c2cc(Cl)ccc2C(=O)N2Cc3ccccc3C[C@H]2CN2CCOCC2)n2c1CCCC2)c1ccc(O)cc1. The zero-order chi connectivity index (χ0) is 33.9. The molecule has 0 spiro atoms. The van der Waals surface area contributed by atoms with Gasteiger partial charge in [0.25, 0.3) is 11.8 Å². The highest BCUT2D eigenvalue weighted by molar-refractivity contribution is 6.31. The van der Waals surface area contributed by atoms with E-state index in [-0.39, 0.29) is 30.2 Å². The summed E-state index contributed by atoms with van der Waals surface area (Å²) in [5.74, 6) is 5.88. The molecule has 8 nitrogen and oxygen atoms in total. The quantitative estimate of drug-likeness (QED) is 0.229. The first-order chi connectivity index (χ1) is 23.9. The van der Waals surface area contributed by atoms with Crippen LogP contribution in [0.3, 0.4) is 0 Å². The zero-order valence-corrected chi connectivity index (χ0v) is 28.6. The van der Waals surface area contributed by atoms with Gasteiger partial charge in [0.15, 0.2) is 0 Å². The summed E-state index contributed by atoms with van der Waals surface area (Å²) in [6.07, 6.45) is 3.47. The number of aromatic nitrogens is 1. The minimum Gasteiger partial charge on any atom is -0.508 e. The number of nitrogens with zero attached hydrogens (tertiary/aromatic N) is 4. The number of aromatic hydroxyl groups is 1. The second kappa shape index (κ2) is 14.5. The van der Waals surface area contributed by atoms with E-state index in [9.17, 15) is 14.7 Å². The fourth-order valence-electron chi connectivity index (χ4n) is 7.44. The summed E-state index contributed by atoms with van der Waals surface area (Å²) < 4.78 is 7.82. The predicted octanol–water partition coefficient (Wildman–Crippen LogP) is 6.42. The number of phenols is 1. The number of benzene rings is 3. The van der Waals surface area contributed by atoms with Gasteiger partial charge in [0.2, 0.25) is 0 Å². The van der Waals surface area contributed by atoms with Crippen molar-refractivity contribution in [3.8, 4) is 28.8 Å². The number of hydrogen-bond acceptors (Lipinski definition) is 5. The molecular formula is C40H41ClN4O4. The van der Waals surface area contributed by atoms with Crippen molar-refractivity contribution in [2.24, 2.45) is 0 Å². The van der Waals surface area contributed by atoms with E-state index in [1.165, 1.54) is 11.1 Å². The molecule has 9 heteroatoms. The summed E-state index contributed by atoms with van der Waals surface area (Å²) in [5, 5.41) is 10.4. The number of carbonyl (C=O) groups excluding carboxylic acids is 2. The van der Waals surface area contributed by atoms with Gasteiger partial charge in [-0.15, -0.1) is 5.92 Å². The summed E-state index contributed by atoms with van der Waals surface area (Å²) in [5.41, 5.74) is 6.78. The number of phenolic OH excluding ortho intramolecular Hbond substituents is 1. The van der Waals surface area contributed by atoms with Crippen molar-refractivity contribution < 1.29 is 19.4 Å². The average molecular weight is 677 g/mol. The van der Waals surface area contributed by atoms with E-state index in [4.69, 9.17) is 16.3 Å². The van der Waals surface area contributed by atoms with Gasteiger partial charge in [0, 0.05) is 72.0 Å². The van der Waals surface area contributed by atoms with Crippen LogP contribution in [0.4, 0.5) is 5.69 Å². The highest BCUT2D eigenvalue weighted by Gasteiger charge is 2.34. The lowest BCUT2D eigenvalue weighted by Gasteiger charge is -2.40. The van der Waals surface area contributed by atoms with Crippen LogP contribution >= 0.6 is 11.6 Å². The third-order valence-electron chi connectivity index (χ3n) is 9.98. The Labute approximate surface area is 292 Å². The molecule has 3 aliphatic heterocycles. The lowest BCUT2D eigenvalue weighted by Crippen LogP contribution is -2.52. The normalized spacial score (nSPS) is 17.4. The maximum Gasteiger partial charge on any atom is 0.260 e. The van der Waals surface area contributed by atoms with E-state index in [2.05, 4.69) is 39.5 Å². The minimum absolute atomic E-state index is 0.000870. The van der Waals surface area contributed by atoms with Gasteiger partial charge in [0.05, 0.1) is 25.3 Å². The number of amides is 2. The lowest BCUT2D eigenvalue weighted by atomic mass is 9.92. The Morgan fingerprint density at radius 3 is 2.51 bits per heavy atom. The third kappa shape index (κ3) is 6.84. The summed E-state index contributed by atoms with van der Waals surface area (Å²) >= 11 is 6.67. The molecule has 1 saturated heterocycles. The van der Waals surface area contributed by atoms with Crippen LogP contribution < -0.4 is 4.90 Å². The van der Waals surface area contributed by atoms with Crippen LogP contribution in [0, 0.1) is 11.8 Å². The Hall–Kier alpha value is -4.55. The molecule has 0 unspecified atom stereocenters. The molecular weight excluding hydrogens is 636 g/mol. The monoisotopic (exact) mass is 676 g/mol. The standard InChI is InChI=1S/C40H41ClN4O4/c1-2-3-17-43(31-12-14-33(46)15-13-31)40(48)36-25-38(44-18-7-6-10-37(36)44)35-24-30(41)11-16-34(35)39(47)45-26-29-9-5-4-8-28(29)23-32(45)27-42-19-21-49-22-20-42/h4-5,8-9,11-16,24-25,32,46H,6-7,10,17-23,26-27H2,1H3/t32-/m0/s1. The lowest BCUT2D eigenvalue weighted by molar-refractivity contribution is 0.0193. The number of fused-ring (bicyclic) bond motifs is 2. The second-order valence-corrected chi connectivity index (χ2v) is 13.4. The summed E-state index contributed by atoms with van der Waals surface area (Å²) in [7, 11) is 0. The van der Waals surface area contributed by atoms with Crippen molar-refractivity contribution in [1.29, 1.82) is 0 Å². The van der Waals surface area contributed by atoms with E-state index < -0.39 is 0 Å². The van der Waals surface area contributed by atoms with Crippen molar-refractivity contribution in [1.82, 2.24) is 14.4 Å². The molecule has 0 saturated carbocycles. The smallest absolute Gasteiger partial charge is 0.260 e. The molecule has 0 bridgehead atoms. The topological polar surface area (TPSA) is 78.2 Å². The fraction of sp³-hybridized carbons (Fsp3) is 0.350. The van der Waals surface area contributed by atoms with Crippen molar-refractivity contribution in [2.75, 3.05) is 44.3 Å². The van der Waals surface area contributed by atoms with Gasteiger partial charge in [-0.1, -0.05) is 41.8 Å². The molecule has 0 radical (unpaired) electrons. The molecule has 7 rings (SSSR count). The Bertz CT molecular complexity index is 1920. The van der Waals surface area contributed by atoms with E-state index in [1.807, 2.05) is 29.2 Å². The first-order valence-electron chi connectivity index (χ1n) is 17.1. The van der Waals surface area contributed by atoms with Crippen LogP contribution in [0.25, 0.3) is 11.3 Å². The average Bonchev–Trinajstić information content (AvgIpc) is 3.52. The molecule has 252 valence electrons. The first-order valence-corrected chi connectivity index (χ1v) is 17.5. The van der Waals surface area contributed by atoms with Gasteiger partial charge >= 0.3 is 0 Å². The minimum atomic E-state index is -0.168. The number of carbonyl (C=O) groups is 2. The number of halogens is 1. The van der Waals surface area contributed by atoms with Crippen molar-refractivity contribution in [3.05, 3.63) is 106 Å². The van der Waals surface area contributed by atoms with Crippen LogP contribution in [-0.4, -0.2) is 76.7 Å². The fourth-order valence-corrected chi connectivity index (χ4v) is 7.61. The maximum atomic E-state index is 14.8. The molecule has 1 atom stereocenters. The molecule has 49 heavy (non-hydrogen) atoms. The molecule has 0 aliphatic carbocycles. The summed E-state index contributed by atoms with van der Waals surface area (Å²) in [6.45, 7) is 7.12. The molecule has 1 fully saturated rings. The van der Waals surface area contributed by atoms with E-state index >= 15 is 0 Å². The van der Waals surface area contributed by atoms with Crippen LogP contribution in [0.5, 0.6) is 5.75 Å². The largest absolute Gasteiger partial charge is 0.508 e. The Kier molecular flexibility index (Phi) is 9.77. The number of ether oxygens (including phenoxy) is 1. The number of rotatable bonds is 7. The summed E-state index contributed by atoms with van der Waals surface area (Å²) in [4.78, 5) is 35.3. The molecule has 1 N–H and O–H groups in total. The van der Waals surface area contributed by atoms with Gasteiger partial charge in [-0.25, -0.2) is 0 Å². The van der Waals surface area contributed by atoms with Crippen LogP contribution in [0.1, 0.15) is 57.3 Å². The van der Waals surface area contributed by atoms with Crippen molar-refractivity contribution in [2.45, 2.75) is 51.7 Å². The Morgan fingerprint density at radius 1 is 0.959 bits per heavy atom. The van der Waals surface area contributed by atoms with E-state index in [1.54, 1.807) is 42.2 Å². The first kappa shape index (κ1) is 33.0. The van der Waals surface area contributed by atoms with Gasteiger partial charge in [-0.3, -0.25) is 19.4 Å². The highest BCUT2D eigenvalue weighted by atomic mass is 35.5. The number of anilines is 1. The van der Waals surface area contributed by atoms with Crippen LogP contribution in [0.15, 0.2) is 72.8 Å². The second-order valence-electron chi connectivity index (χ2n) is 13.0. The van der Waals surface area contributed by atoms with Gasteiger partial charge in [-0.2, -0.15) is 0 Å². The van der Waals surface area contributed by atoms with Crippen LogP contribution in [0.2, 0.25) is 5.02 Å². The van der Waals surface area contributed by atoms with Crippen LogP contribution in [-0.2, 0) is 30.7 Å². The molecule has 3 aliphatic rings. The summed E-state index contributed by atoms with van der Waals surface area (Å²) in [6, 6.07) is 22.5. The Balaban J connectivity index is 1.29.